The average molecular weight is 345 g/mol. The smallest absolute Gasteiger partial charge is 0.167 e. The number of rotatable bonds is 7. The summed E-state index contributed by atoms with van der Waals surface area (Å²) in [5.74, 6) is 0.266. The van der Waals surface area contributed by atoms with Crippen molar-refractivity contribution < 1.29 is 14.3 Å². The molecular weight excluding hydrogens is 318 g/mol. The fourth-order valence-corrected chi connectivity index (χ4v) is 3.58. The molecule has 2 saturated heterocycles. The number of nitrogens with one attached hydrogen (secondary N) is 3. The van der Waals surface area contributed by atoms with Crippen molar-refractivity contribution in [3.8, 4) is 0 Å². The molecule has 0 radical (unpaired) electrons. The van der Waals surface area contributed by atoms with Gasteiger partial charge in [-0.05, 0) is 17.9 Å². The van der Waals surface area contributed by atoms with Crippen molar-refractivity contribution in [1.29, 1.82) is 0 Å². The van der Waals surface area contributed by atoms with Gasteiger partial charge in [-0.15, -0.1) is 0 Å². The van der Waals surface area contributed by atoms with Crippen molar-refractivity contribution in [3.05, 3.63) is 35.9 Å². The van der Waals surface area contributed by atoms with E-state index in [-0.39, 0.29) is 29.6 Å². The number of ether oxygens (including phenoxy) is 1. The Morgan fingerprint density at radius 1 is 1.28 bits per heavy atom. The second-order valence-corrected chi connectivity index (χ2v) is 7.30. The van der Waals surface area contributed by atoms with E-state index in [1.54, 1.807) is 0 Å². The minimum atomic E-state index is -0.455. The minimum Gasteiger partial charge on any atom is -0.366 e. The third-order valence-corrected chi connectivity index (χ3v) is 4.89. The highest BCUT2D eigenvalue weighted by molar-refractivity contribution is 5.93. The first-order valence-electron chi connectivity index (χ1n) is 9.00. The molecule has 1 aromatic carbocycles. The van der Waals surface area contributed by atoms with Crippen LogP contribution < -0.4 is 16.2 Å². The van der Waals surface area contributed by atoms with Crippen LogP contribution in [0.4, 0.5) is 0 Å². The van der Waals surface area contributed by atoms with E-state index in [0.717, 1.165) is 5.56 Å². The molecule has 3 rings (SSSR count). The predicted molar refractivity (Wildman–Crippen MR) is 94.7 cm³/mol. The van der Waals surface area contributed by atoms with Crippen LogP contribution in [-0.2, 0) is 20.9 Å². The van der Waals surface area contributed by atoms with Gasteiger partial charge < -0.3 is 10.1 Å². The molecule has 6 heteroatoms. The Bertz CT molecular complexity index is 605. The first-order valence-corrected chi connectivity index (χ1v) is 9.00. The first-order chi connectivity index (χ1) is 12.1. The quantitative estimate of drug-likeness (QED) is 0.679. The Morgan fingerprint density at radius 2 is 2.04 bits per heavy atom. The monoisotopic (exact) mass is 345 g/mol. The van der Waals surface area contributed by atoms with Crippen LogP contribution in [-0.4, -0.2) is 42.8 Å². The molecule has 0 aliphatic carbocycles. The van der Waals surface area contributed by atoms with E-state index in [4.69, 9.17) is 4.74 Å². The van der Waals surface area contributed by atoms with Gasteiger partial charge in [-0.1, -0.05) is 44.2 Å². The summed E-state index contributed by atoms with van der Waals surface area (Å²) in [5, 5.41) is 3.19. The van der Waals surface area contributed by atoms with Crippen LogP contribution in [0, 0.1) is 11.8 Å². The Hall–Kier alpha value is -1.60. The van der Waals surface area contributed by atoms with E-state index in [2.05, 4.69) is 30.0 Å². The summed E-state index contributed by atoms with van der Waals surface area (Å²) in [6.07, 6.45) is 0.226. The maximum absolute atomic E-state index is 13.2. The van der Waals surface area contributed by atoms with Gasteiger partial charge in [0.05, 0.1) is 25.1 Å². The molecule has 0 spiro atoms. The Labute approximate surface area is 148 Å². The van der Waals surface area contributed by atoms with E-state index in [0.29, 0.717) is 32.0 Å². The fraction of sp³-hybridized carbons (Fsp3) is 0.579. The summed E-state index contributed by atoms with van der Waals surface area (Å²) in [7, 11) is 0. The molecular formula is C19H27N3O3. The number of hydrogen-bond donors (Lipinski definition) is 3. The van der Waals surface area contributed by atoms with Gasteiger partial charge in [-0.25, -0.2) is 5.43 Å². The third kappa shape index (κ3) is 4.33. The van der Waals surface area contributed by atoms with Crippen LogP contribution in [0.3, 0.4) is 0 Å². The molecule has 2 aliphatic rings. The molecule has 2 aliphatic heterocycles. The minimum absolute atomic E-state index is 0.0795. The molecule has 0 aromatic heterocycles. The lowest BCUT2D eigenvalue weighted by Gasteiger charge is -2.35. The third-order valence-electron chi connectivity index (χ3n) is 4.89. The maximum atomic E-state index is 13.2. The van der Waals surface area contributed by atoms with E-state index >= 15 is 0 Å². The summed E-state index contributed by atoms with van der Waals surface area (Å²) < 4.78 is 6.02. The number of hydrogen-bond acceptors (Lipinski definition) is 6. The van der Waals surface area contributed by atoms with E-state index in [9.17, 15) is 9.59 Å². The molecule has 2 heterocycles. The Balaban J connectivity index is 1.69. The largest absolute Gasteiger partial charge is 0.366 e. The summed E-state index contributed by atoms with van der Waals surface area (Å²) in [4.78, 5) is 25.1. The van der Waals surface area contributed by atoms with Crippen LogP contribution in [0.25, 0.3) is 0 Å². The number of carbonyl (C=O) groups excluding carboxylic acids is 2. The molecule has 3 N–H and O–H groups in total. The number of benzene rings is 1. The molecule has 2 fully saturated rings. The van der Waals surface area contributed by atoms with E-state index in [1.165, 1.54) is 0 Å². The molecule has 0 bridgehead atoms. The Kier molecular flexibility index (Phi) is 5.96. The van der Waals surface area contributed by atoms with Crippen LogP contribution in [0.5, 0.6) is 0 Å². The standard InChI is InChI=1S/C19H27N3O3/c1-12(2)8-16(25-11-13-6-4-3-5-7-13)19(24)14-9-21-22-18-15(23)10-20-17(14)18/h3-7,12,14,16-18,20-22H,8-11H2,1-2H3/t14?,16-,17?,18?/m0/s1. The lowest BCUT2D eigenvalue weighted by atomic mass is 9.85. The predicted octanol–water partition coefficient (Wildman–Crippen LogP) is 0.821. The first kappa shape index (κ1) is 18.2. The molecule has 0 amide bonds. The van der Waals surface area contributed by atoms with Crippen molar-refractivity contribution in [1.82, 2.24) is 16.2 Å². The molecule has 3 unspecified atom stereocenters. The second kappa shape index (κ2) is 8.19. The van der Waals surface area contributed by atoms with Gasteiger partial charge in [0.1, 0.15) is 6.10 Å². The SMILES string of the molecule is CC(C)C[C@H](OCc1ccccc1)C(=O)C1CNNC2C(=O)CNC12. The molecule has 136 valence electrons. The van der Waals surface area contributed by atoms with Gasteiger partial charge in [0.25, 0.3) is 0 Å². The van der Waals surface area contributed by atoms with Gasteiger partial charge in [0.2, 0.25) is 0 Å². The maximum Gasteiger partial charge on any atom is 0.167 e. The zero-order chi connectivity index (χ0) is 17.8. The summed E-state index contributed by atoms with van der Waals surface area (Å²) in [6.45, 7) is 5.42. The lowest BCUT2D eigenvalue weighted by Crippen LogP contribution is -2.63. The summed E-state index contributed by atoms with van der Waals surface area (Å²) >= 11 is 0. The second-order valence-electron chi connectivity index (χ2n) is 7.30. The van der Waals surface area contributed by atoms with E-state index in [1.807, 2.05) is 30.3 Å². The number of Topliss-reactive ketones (excluding diaryl/α,β-unsaturated/α-hetero) is 2. The van der Waals surface area contributed by atoms with Crippen molar-refractivity contribution in [3.63, 3.8) is 0 Å². The number of ketones is 2. The highest BCUT2D eigenvalue weighted by Gasteiger charge is 2.46. The van der Waals surface area contributed by atoms with Crippen LogP contribution >= 0.6 is 0 Å². The normalized spacial score (nSPS) is 27.3. The zero-order valence-corrected chi connectivity index (χ0v) is 14.8. The lowest BCUT2D eigenvalue weighted by molar-refractivity contribution is -0.138. The number of fused-ring (bicyclic) bond motifs is 1. The van der Waals surface area contributed by atoms with Crippen molar-refractivity contribution in [2.45, 2.75) is 45.1 Å². The molecule has 0 saturated carbocycles. The topological polar surface area (TPSA) is 79.5 Å². The van der Waals surface area contributed by atoms with Gasteiger partial charge >= 0.3 is 0 Å². The van der Waals surface area contributed by atoms with Gasteiger partial charge in [-0.3, -0.25) is 15.0 Å². The van der Waals surface area contributed by atoms with Crippen molar-refractivity contribution >= 4 is 11.6 Å². The van der Waals surface area contributed by atoms with Crippen LogP contribution in [0.2, 0.25) is 0 Å². The van der Waals surface area contributed by atoms with Gasteiger partial charge in [-0.2, -0.15) is 0 Å². The highest BCUT2D eigenvalue weighted by Crippen LogP contribution is 2.23. The number of carbonyl (C=O) groups is 2. The van der Waals surface area contributed by atoms with Gasteiger partial charge in [0.15, 0.2) is 11.6 Å². The summed E-state index contributed by atoms with van der Waals surface area (Å²) in [5.41, 5.74) is 7.07. The highest BCUT2D eigenvalue weighted by atomic mass is 16.5. The number of hydrazine groups is 1. The average Bonchev–Trinajstić information content (AvgIpc) is 3.00. The van der Waals surface area contributed by atoms with Crippen molar-refractivity contribution in [2.24, 2.45) is 11.8 Å². The van der Waals surface area contributed by atoms with Crippen LogP contribution in [0.15, 0.2) is 30.3 Å². The molecule has 6 nitrogen and oxygen atoms in total. The molecule has 25 heavy (non-hydrogen) atoms. The van der Waals surface area contributed by atoms with Crippen molar-refractivity contribution in [2.75, 3.05) is 13.1 Å². The van der Waals surface area contributed by atoms with Crippen LogP contribution in [0.1, 0.15) is 25.8 Å². The Morgan fingerprint density at radius 3 is 2.76 bits per heavy atom. The molecule has 1 aromatic rings. The summed E-state index contributed by atoms with van der Waals surface area (Å²) in [6, 6.07) is 9.39. The zero-order valence-electron chi connectivity index (χ0n) is 14.8. The molecule has 4 atom stereocenters. The fourth-order valence-electron chi connectivity index (χ4n) is 3.58. The van der Waals surface area contributed by atoms with Gasteiger partial charge in [0, 0.05) is 12.6 Å². The van der Waals surface area contributed by atoms with E-state index < -0.39 is 6.10 Å².